The quantitative estimate of drug-likeness (QED) is 0.757. The van der Waals surface area contributed by atoms with Crippen LogP contribution in [0.2, 0.25) is 0 Å². The summed E-state index contributed by atoms with van der Waals surface area (Å²) in [5.41, 5.74) is 8.11. The largest absolute Gasteiger partial charge is 0.478 e. The van der Waals surface area contributed by atoms with Crippen molar-refractivity contribution in [1.82, 2.24) is 9.97 Å². The Labute approximate surface area is 96.1 Å². The molecule has 1 aliphatic heterocycles. The molecule has 2 aromatic heterocycles. The van der Waals surface area contributed by atoms with Crippen LogP contribution in [0.15, 0.2) is 12.3 Å². The van der Waals surface area contributed by atoms with Crippen molar-refractivity contribution in [2.45, 2.75) is 13.2 Å². The van der Waals surface area contributed by atoms with Crippen LogP contribution in [0.1, 0.15) is 21.5 Å². The van der Waals surface area contributed by atoms with E-state index in [2.05, 4.69) is 9.97 Å². The van der Waals surface area contributed by atoms with Crippen molar-refractivity contribution in [2.24, 2.45) is 0 Å². The van der Waals surface area contributed by atoms with Gasteiger partial charge in [-0.05, 0) is 11.6 Å². The second kappa shape index (κ2) is 3.39. The van der Waals surface area contributed by atoms with Crippen molar-refractivity contribution in [3.8, 4) is 0 Å². The normalized spacial score (nSPS) is 13.9. The Hall–Kier alpha value is -2.21. The van der Waals surface area contributed by atoms with Crippen molar-refractivity contribution in [3.05, 3.63) is 29.0 Å². The number of nitrogen functional groups attached to an aromatic ring is 1. The van der Waals surface area contributed by atoms with Crippen LogP contribution < -0.4 is 5.73 Å². The number of aromatic nitrogens is 2. The first-order valence-electron chi connectivity index (χ1n) is 5.05. The molecule has 86 valence electrons. The van der Waals surface area contributed by atoms with Crippen LogP contribution >= 0.6 is 0 Å². The fourth-order valence-corrected chi connectivity index (χ4v) is 1.97. The molecule has 2 aromatic rings. The van der Waals surface area contributed by atoms with Crippen LogP contribution in [0, 0.1) is 0 Å². The molecular weight excluding hydrogens is 222 g/mol. The number of carbonyl (C=O) groups is 1. The highest BCUT2D eigenvalue weighted by Gasteiger charge is 2.20. The molecule has 6 heteroatoms. The molecule has 0 aromatic carbocycles. The molecule has 0 atom stereocenters. The molecule has 0 spiro atoms. The summed E-state index contributed by atoms with van der Waals surface area (Å²) in [6.07, 6.45) is 1.28. The van der Waals surface area contributed by atoms with E-state index in [-0.39, 0.29) is 5.56 Å². The van der Waals surface area contributed by atoms with Crippen LogP contribution in [0.4, 0.5) is 5.82 Å². The van der Waals surface area contributed by atoms with Gasteiger partial charge in [0.1, 0.15) is 5.82 Å². The molecule has 1 aliphatic rings. The summed E-state index contributed by atoms with van der Waals surface area (Å²) in [4.78, 5) is 19.1. The molecule has 0 fully saturated rings. The number of anilines is 1. The van der Waals surface area contributed by atoms with E-state index in [1.807, 2.05) is 0 Å². The van der Waals surface area contributed by atoms with E-state index in [1.54, 1.807) is 6.07 Å². The average molecular weight is 231 g/mol. The fourth-order valence-electron chi connectivity index (χ4n) is 1.97. The standard InChI is InChI=1S/C11H9N3O3/c12-9-8-4-17-3-7(8)6-1-5(11(15)16)2-13-10(6)14-9/h1-2H,3-4H2,(H,15,16)(H2,12,13,14). The van der Waals surface area contributed by atoms with Gasteiger partial charge < -0.3 is 15.6 Å². The van der Waals surface area contributed by atoms with Gasteiger partial charge in [0, 0.05) is 17.1 Å². The lowest BCUT2D eigenvalue weighted by atomic mass is 10.1. The smallest absolute Gasteiger partial charge is 0.337 e. The zero-order valence-corrected chi connectivity index (χ0v) is 8.80. The van der Waals surface area contributed by atoms with Gasteiger partial charge >= 0.3 is 5.97 Å². The van der Waals surface area contributed by atoms with Crippen LogP contribution in [0.5, 0.6) is 0 Å². The fraction of sp³-hybridized carbons (Fsp3) is 0.182. The van der Waals surface area contributed by atoms with E-state index in [0.717, 1.165) is 11.1 Å². The molecule has 6 nitrogen and oxygen atoms in total. The molecule has 3 rings (SSSR count). The predicted molar refractivity (Wildman–Crippen MR) is 59.4 cm³/mol. The molecule has 17 heavy (non-hydrogen) atoms. The monoisotopic (exact) mass is 231 g/mol. The lowest BCUT2D eigenvalue weighted by molar-refractivity contribution is 0.0696. The average Bonchev–Trinajstić information content (AvgIpc) is 2.78. The van der Waals surface area contributed by atoms with Crippen LogP contribution in [0.3, 0.4) is 0 Å². The molecule has 0 radical (unpaired) electrons. The lowest BCUT2D eigenvalue weighted by Gasteiger charge is -2.06. The SMILES string of the molecule is Nc1nc2ncc(C(=O)O)cc2c2c1COC2. The Balaban J connectivity index is 2.35. The van der Waals surface area contributed by atoms with Crippen LogP contribution in [-0.4, -0.2) is 21.0 Å². The Bertz CT molecular complexity index is 639. The molecule has 0 saturated heterocycles. The third kappa shape index (κ3) is 1.42. The maximum Gasteiger partial charge on any atom is 0.337 e. The number of carboxylic acids is 1. The highest BCUT2D eigenvalue weighted by molar-refractivity contribution is 5.93. The second-order valence-corrected chi connectivity index (χ2v) is 3.85. The van der Waals surface area contributed by atoms with E-state index in [0.29, 0.717) is 30.1 Å². The minimum Gasteiger partial charge on any atom is -0.478 e. The predicted octanol–water partition coefficient (Wildman–Crippen LogP) is 0.940. The summed E-state index contributed by atoms with van der Waals surface area (Å²) in [7, 11) is 0. The Morgan fingerprint density at radius 3 is 2.94 bits per heavy atom. The zero-order chi connectivity index (χ0) is 12.0. The number of nitrogens with two attached hydrogens (primary N) is 1. The molecule has 0 saturated carbocycles. The summed E-state index contributed by atoms with van der Waals surface area (Å²) in [6.45, 7) is 0.838. The first-order valence-corrected chi connectivity index (χ1v) is 5.05. The minimum atomic E-state index is -1.01. The van der Waals surface area contributed by atoms with E-state index in [1.165, 1.54) is 6.20 Å². The van der Waals surface area contributed by atoms with Gasteiger partial charge in [-0.2, -0.15) is 0 Å². The Kier molecular flexibility index (Phi) is 1.99. The van der Waals surface area contributed by atoms with Crippen LogP contribution in [0.25, 0.3) is 11.0 Å². The van der Waals surface area contributed by atoms with E-state index < -0.39 is 5.97 Å². The number of aromatic carboxylic acids is 1. The van der Waals surface area contributed by atoms with E-state index >= 15 is 0 Å². The van der Waals surface area contributed by atoms with Gasteiger partial charge in [0.2, 0.25) is 0 Å². The number of carboxylic acid groups (broad SMARTS) is 1. The van der Waals surface area contributed by atoms with Gasteiger partial charge in [-0.25, -0.2) is 14.8 Å². The summed E-state index contributed by atoms with van der Waals surface area (Å²) in [5, 5.41) is 9.63. The van der Waals surface area contributed by atoms with Crippen molar-refractivity contribution in [3.63, 3.8) is 0 Å². The summed E-state index contributed by atoms with van der Waals surface area (Å²) in [5.74, 6) is -0.607. The van der Waals surface area contributed by atoms with Gasteiger partial charge in [-0.15, -0.1) is 0 Å². The highest BCUT2D eigenvalue weighted by Crippen LogP contribution is 2.30. The molecular formula is C11H9N3O3. The number of ether oxygens (including phenoxy) is 1. The highest BCUT2D eigenvalue weighted by atomic mass is 16.5. The van der Waals surface area contributed by atoms with E-state index in [4.69, 9.17) is 15.6 Å². The number of nitrogens with zero attached hydrogens (tertiary/aromatic N) is 2. The van der Waals surface area contributed by atoms with Crippen molar-refractivity contribution < 1.29 is 14.6 Å². The summed E-state index contributed by atoms with van der Waals surface area (Å²) < 4.78 is 5.31. The molecule has 0 unspecified atom stereocenters. The Morgan fingerprint density at radius 2 is 2.18 bits per heavy atom. The summed E-state index contributed by atoms with van der Waals surface area (Å²) in [6, 6.07) is 1.56. The maximum absolute atomic E-state index is 10.9. The van der Waals surface area contributed by atoms with Crippen molar-refractivity contribution >= 4 is 22.8 Å². The second-order valence-electron chi connectivity index (χ2n) is 3.85. The third-order valence-corrected chi connectivity index (χ3v) is 2.83. The maximum atomic E-state index is 10.9. The Morgan fingerprint density at radius 1 is 1.41 bits per heavy atom. The molecule has 0 aliphatic carbocycles. The van der Waals surface area contributed by atoms with Gasteiger partial charge in [0.05, 0.1) is 18.8 Å². The molecule has 3 N–H and O–H groups in total. The van der Waals surface area contributed by atoms with Crippen LogP contribution in [-0.2, 0) is 18.0 Å². The van der Waals surface area contributed by atoms with Crippen molar-refractivity contribution in [1.29, 1.82) is 0 Å². The van der Waals surface area contributed by atoms with Gasteiger partial charge in [-0.1, -0.05) is 0 Å². The number of rotatable bonds is 1. The first kappa shape index (κ1) is 9.98. The van der Waals surface area contributed by atoms with Gasteiger partial charge in [-0.3, -0.25) is 0 Å². The number of pyridine rings is 2. The third-order valence-electron chi connectivity index (χ3n) is 2.83. The van der Waals surface area contributed by atoms with Gasteiger partial charge in [0.25, 0.3) is 0 Å². The first-order chi connectivity index (χ1) is 8.16. The summed E-state index contributed by atoms with van der Waals surface area (Å²) >= 11 is 0. The molecule has 0 amide bonds. The number of hydrogen-bond donors (Lipinski definition) is 2. The number of hydrogen-bond acceptors (Lipinski definition) is 5. The van der Waals surface area contributed by atoms with E-state index in [9.17, 15) is 4.79 Å². The van der Waals surface area contributed by atoms with Crippen molar-refractivity contribution in [2.75, 3.05) is 5.73 Å². The molecule has 3 heterocycles. The zero-order valence-electron chi connectivity index (χ0n) is 8.80. The minimum absolute atomic E-state index is 0.137. The lowest BCUT2D eigenvalue weighted by Crippen LogP contribution is -2.03. The van der Waals surface area contributed by atoms with Gasteiger partial charge in [0.15, 0.2) is 5.65 Å². The molecule has 0 bridgehead atoms. The topological polar surface area (TPSA) is 98.3 Å². The number of fused-ring (bicyclic) bond motifs is 3.